The Hall–Kier alpha value is -0.530. The monoisotopic (exact) mass is 281 g/mol. The molecule has 1 aromatic rings. The maximum absolute atomic E-state index is 6.33. The predicted molar refractivity (Wildman–Crippen MR) is 86.0 cm³/mol. The van der Waals surface area contributed by atoms with Gasteiger partial charge in [0.2, 0.25) is 0 Å². The molecule has 0 saturated heterocycles. The van der Waals surface area contributed by atoms with Crippen molar-refractivity contribution in [1.82, 2.24) is 5.32 Å². The summed E-state index contributed by atoms with van der Waals surface area (Å²) in [5.41, 5.74) is 2.82. The van der Waals surface area contributed by atoms with E-state index in [1.807, 2.05) is 7.05 Å². The molecule has 2 atom stereocenters. The van der Waals surface area contributed by atoms with Crippen LogP contribution >= 0.6 is 11.6 Å². The zero-order valence-electron chi connectivity index (χ0n) is 13.2. The molecule has 0 aliphatic carbocycles. The molecule has 108 valence electrons. The maximum atomic E-state index is 6.33. The molecule has 0 heterocycles. The van der Waals surface area contributed by atoms with Crippen LogP contribution in [0.4, 0.5) is 0 Å². The van der Waals surface area contributed by atoms with Gasteiger partial charge in [-0.15, -0.1) is 0 Å². The lowest BCUT2D eigenvalue weighted by molar-refractivity contribution is 0.225. The molecule has 0 aliphatic heterocycles. The highest BCUT2D eigenvalue weighted by molar-refractivity contribution is 6.31. The SMILES string of the molecule is CNC(Cc1ccc(C)cc1Cl)CC(C)C(C)(C)C. The predicted octanol–water partition coefficient (Wildman–Crippen LogP) is 4.85. The highest BCUT2D eigenvalue weighted by atomic mass is 35.5. The van der Waals surface area contributed by atoms with Crippen molar-refractivity contribution in [2.75, 3.05) is 7.05 Å². The second-order valence-corrected chi connectivity index (χ2v) is 7.19. The Morgan fingerprint density at radius 3 is 2.37 bits per heavy atom. The van der Waals surface area contributed by atoms with Gasteiger partial charge in [-0.05, 0) is 55.3 Å². The topological polar surface area (TPSA) is 12.0 Å². The van der Waals surface area contributed by atoms with Gasteiger partial charge in [0, 0.05) is 11.1 Å². The van der Waals surface area contributed by atoms with Crippen molar-refractivity contribution < 1.29 is 0 Å². The minimum atomic E-state index is 0.353. The van der Waals surface area contributed by atoms with Gasteiger partial charge in [0.1, 0.15) is 0 Å². The number of aryl methyl sites for hydroxylation is 1. The fourth-order valence-corrected chi connectivity index (χ4v) is 2.48. The molecule has 0 aromatic heterocycles. The van der Waals surface area contributed by atoms with E-state index in [0.717, 1.165) is 11.4 Å². The van der Waals surface area contributed by atoms with Crippen molar-refractivity contribution in [3.8, 4) is 0 Å². The van der Waals surface area contributed by atoms with Gasteiger partial charge in [-0.25, -0.2) is 0 Å². The van der Waals surface area contributed by atoms with E-state index in [1.54, 1.807) is 0 Å². The number of halogens is 1. The Balaban J connectivity index is 2.72. The molecule has 0 radical (unpaired) electrons. The van der Waals surface area contributed by atoms with Crippen LogP contribution in [0.3, 0.4) is 0 Å². The van der Waals surface area contributed by atoms with Crippen LogP contribution in [0, 0.1) is 18.3 Å². The first-order valence-electron chi connectivity index (χ1n) is 7.16. The van der Waals surface area contributed by atoms with E-state index in [2.05, 4.69) is 58.1 Å². The summed E-state index contributed by atoms with van der Waals surface area (Å²) in [5, 5.41) is 4.33. The minimum Gasteiger partial charge on any atom is -0.317 e. The van der Waals surface area contributed by atoms with Crippen LogP contribution in [-0.4, -0.2) is 13.1 Å². The number of hydrogen-bond acceptors (Lipinski definition) is 1. The fraction of sp³-hybridized carbons (Fsp3) is 0.647. The van der Waals surface area contributed by atoms with E-state index >= 15 is 0 Å². The van der Waals surface area contributed by atoms with Crippen LogP contribution in [-0.2, 0) is 6.42 Å². The van der Waals surface area contributed by atoms with Gasteiger partial charge in [-0.1, -0.05) is 51.4 Å². The van der Waals surface area contributed by atoms with Crippen LogP contribution in [0.5, 0.6) is 0 Å². The van der Waals surface area contributed by atoms with E-state index in [-0.39, 0.29) is 0 Å². The first-order chi connectivity index (χ1) is 8.74. The molecule has 1 aromatic carbocycles. The molecular formula is C17H28ClN. The third kappa shape index (κ3) is 5.16. The van der Waals surface area contributed by atoms with Gasteiger partial charge >= 0.3 is 0 Å². The molecule has 1 nitrogen and oxygen atoms in total. The van der Waals surface area contributed by atoms with E-state index in [1.165, 1.54) is 17.5 Å². The Morgan fingerprint density at radius 1 is 1.26 bits per heavy atom. The van der Waals surface area contributed by atoms with Gasteiger partial charge < -0.3 is 5.32 Å². The first kappa shape index (κ1) is 16.5. The second kappa shape index (κ2) is 6.76. The standard InChI is InChI=1S/C17H28ClN/c1-12-7-8-14(16(18)9-12)11-15(19-6)10-13(2)17(3,4)5/h7-9,13,15,19H,10-11H2,1-6H3. The highest BCUT2D eigenvalue weighted by Crippen LogP contribution is 2.30. The average Bonchev–Trinajstić information content (AvgIpc) is 2.30. The quantitative estimate of drug-likeness (QED) is 0.813. The molecule has 2 unspecified atom stereocenters. The van der Waals surface area contributed by atoms with Gasteiger partial charge in [0.05, 0.1) is 0 Å². The van der Waals surface area contributed by atoms with Crippen molar-refractivity contribution in [2.24, 2.45) is 11.3 Å². The third-order valence-electron chi connectivity index (χ3n) is 4.20. The summed E-state index contributed by atoms with van der Waals surface area (Å²) in [7, 11) is 2.04. The lowest BCUT2D eigenvalue weighted by Gasteiger charge is -2.31. The Labute approximate surface area is 123 Å². The van der Waals surface area contributed by atoms with Crippen molar-refractivity contribution in [1.29, 1.82) is 0 Å². The molecule has 1 rings (SSSR count). The number of likely N-dealkylation sites (N-methyl/N-ethyl adjacent to an activating group) is 1. The van der Waals surface area contributed by atoms with Crippen molar-refractivity contribution in [2.45, 2.75) is 53.5 Å². The molecule has 0 amide bonds. The largest absolute Gasteiger partial charge is 0.317 e. The Kier molecular flexibility index (Phi) is 5.88. The third-order valence-corrected chi connectivity index (χ3v) is 4.55. The number of hydrogen-bond donors (Lipinski definition) is 1. The Bertz CT molecular complexity index is 406. The molecule has 0 aliphatic rings. The average molecular weight is 282 g/mol. The zero-order valence-corrected chi connectivity index (χ0v) is 13.9. The maximum Gasteiger partial charge on any atom is 0.0441 e. The van der Waals surface area contributed by atoms with Gasteiger partial charge in [-0.2, -0.15) is 0 Å². The van der Waals surface area contributed by atoms with Gasteiger partial charge in [0.25, 0.3) is 0 Å². The van der Waals surface area contributed by atoms with E-state index in [0.29, 0.717) is 17.4 Å². The van der Waals surface area contributed by atoms with Crippen LogP contribution < -0.4 is 5.32 Å². The van der Waals surface area contributed by atoms with Crippen LogP contribution in [0.1, 0.15) is 45.2 Å². The van der Waals surface area contributed by atoms with Crippen molar-refractivity contribution in [3.63, 3.8) is 0 Å². The number of nitrogens with one attached hydrogen (secondary N) is 1. The van der Waals surface area contributed by atoms with E-state index < -0.39 is 0 Å². The lowest BCUT2D eigenvalue weighted by Crippen LogP contribution is -2.33. The van der Waals surface area contributed by atoms with E-state index in [9.17, 15) is 0 Å². The van der Waals surface area contributed by atoms with Gasteiger partial charge in [0.15, 0.2) is 0 Å². The summed E-state index contributed by atoms with van der Waals surface area (Å²) < 4.78 is 0. The summed E-state index contributed by atoms with van der Waals surface area (Å²) in [5.74, 6) is 0.675. The first-order valence-corrected chi connectivity index (χ1v) is 7.54. The van der Waals surface area contributed by atoms with Crippen molar-refractivity contribution >= 4 is 11.6 Å². The minimum absolute atomic E-state index is 0.353. The fourth-order valence-electron chi connectivity index (χ4n) is 2.17. The summed E-state index contributed by atoms with van der Waals surface area (Å²) >= 11 is 6.33. The van der Waals surface area contributed by atoms with Gasteiger partial charge in [-0.3, -0.25) is 0 Å². The van der Waals surface area contributed by atoms with Crippen LogP contribution in [0.25, 0.3) is 0 Å². The normalized spacial score (nSPS) is 15.3. The summed E-state index contributed by atoms with van der Waals surface area (Å²) in [6, 6.07) is 6.83. The number of rotatable bonds is 5. The second-order valence-electron chi connectivity index (χ2n) is 6.79. The summed E-state index contributed by atoms with van der Waals surface area (Å²) in [6.45, 7) is 11.3. The summed E-state index contributed by atoms with van der Waals surface area (Å²) in [4.78, 5) is 0. The molecular weight excluding hydrogens is 254 g/mol. The Morgan fingerprint density at radius 2 is 1.89 bits per heavy atom. The molecule has 0 saturated carbocycles. The van der Waals surface area contributed by atoms with Crippen LogP contribution in [0.2, 0.25) is 5.02 Å². The molecule has 2 heteroatoms. The summed E-state index contributed by atoms with van der Waals surface area (Å²) in [6.07, 6.45) is 2.17. The zero-order chi connectivity index (χ0) is 14.6. The number of benzene rings is 1. The van der Waals surface area contributed by atoms with Crippen LogP contribution in [0.15, 0.2) is 18.2 Å². The smallest absolute Gasteiger partial charge is 0.0441 e. The lowest BCUT2D eigenvalue weighted by atomic mass is 9.78. The van der Waals surface area contributed by atoms with E-state index in [4.69, 9.17) is 11.6 Å². The molecule has 1 N–H and O–H groups in total. The van der Waals surface area contributed by atoms with Crippen molar-refractivity contribution in [3.05, 3.63) is 34.3 Å². The molecule has 19 heavy (non-hydrogen) atoms. The molecule has 0 spiro atoms. The molecule has 0 fully saturated rings. The highest BCUT2D eigenvalue weighted by Gasteiger charge is 2.23. The molecule has 0 bridgehead atoms.